The maximum Gasteiger partial charge on any atom is 0.289 e. The summed E-state index contributed by atoms with van der Waals surface area (Å²) >= 11 is 0. The molecule has 1 saturated carbocycles. The van der Waals surface area contributed by atoms with Crippen molar-refractivity contribution in [2.24, 2.45) is 0 Å². The SMILES string of the molecule is Cc1ccc(CCNC(=O)c2ccc(/C=C3/OC4CCCCC4N(Cc4ccc(C)cc4)C3=O)cc2)cc1. The first-order valence-electron chi connectivity index (χ1n) is 13.6. The highest BCUT2D eigenvalue weighted by Crippen LogP contribution is 2.34. The largest absolute Gasteiger partial charge is 0.482 e. The molecule has 1 N–H and O–H groups in total. The Labute approximate surface area is 225 Å². The number of morpholine rings is 1. The van der Waals surface area contributed by atoms with Gasteiger partial charge in [0, 0.05) is 18.7 Å². The molecule has 1 heterocycles. The molecule has 3 aromatic rings. The third kappa shape index (κ3) is 6.16. The van der Waals surface area contributed by atoms with Crippen LogP contribution in [-0.2, 0) is 22.5 Å². The molecule has 2 aliphatic rings. The van der Waals surface area contributed by atoms with Crippen LogP contribution in [0.25, 0.3) is 6.08 Å². The van der Waals surface area contributed by atoms with Crippen LogP contribution in [0.2, 0.25) is 0 Å². The van der Waals surface area contributed by atoms with Gasteiger partial charge in [-0.2, -0.15) is 0 Å². The summed E-state index contributed by atoms with van der Waals surface area (Å²) in [5.41, 5.74) is 6.21. The molecule has 0 aromatic heterocycles. The average molecular weight is 509 g/mol. The van der Waals surface area contributed by atoms with E-state index in [1.54, 1.807) is 12.1 Å². The minimum Gasteiger partial charge on any atom is -0.482 e. The normalized spacial score (nSPS) is 20.1. The van der Waals surface area contributed by atoms with E-state index in [1.807, 2.05) is 23.1 Å². The Morgan fingerprint density at radius 1 is 0.895 bits per heavy atom. The second-order valence-electron chi connectivity index (χ2n) is 10.5. The zero-order valence-electron chi connectivity index (χ0n) is 22.3. The number of carbonyl (C=O) groups excluding carboxylic acids is 2. The van der Waals surface area contributed by atoms with Gasteiger partial charge in [0.15, 0.2) is 5.76 Å². The van der Waals surface area contributed by atoms with Crippen LogP contribution in [0.4, 0.5) is 0 Å². The molecule has 1 saturated heterocycles. The summed E-state index contributed by atoms with van der Waals surface area (Å²) in [5, 5.41) is 2.99. The van der Waals surface area contributed by atoms with Gasteiger partial charge in [0.1, 0.15) is 6.10 Å². The molecule has 2 amide bonds. The van der Waals surface area contributed by atoms with Gasteiger partial charge in [0.2, 0.25) is 0 Å². The van der Waals surface area contributed by atoms with Gasteiger partial charge in [-0.1, -0.05) is 78.2 Å². The van der Waals surface area contributed by atoms with E-state index in [0.717, 1.165) is 43.2 Å². The Morgan fingerprint density at radius 2 is 1.53 bits per heavy atom. The molecule has 38 heavy (non-hydrogen) atoms. The van der Waals surface area contributed by atoms with E-state index in [-0.39, 0.29) is 24.0 Å². The predicted molar refractivity (Wildman–Crippen MR) is 150 cm³/mol. The van der Waals surface area contributed by atoms with E-state index in [0.29, 0.717) is 24.4 Å². The van der Waals surface area contributed by atoms with Gasteiger partial charge in [0.05, 0.1) is 6.04 Å². The lowest BCUT2D eigenvalue weighted by Gasteiger charge is -2.44. The van der Waals surface area contributed by atoms with Crippen LogP contribution in [0.5, 0.6) is 0 Å². The number of aryl methyl sites for hydroxylation is 2. The van der Waals surface area contributed by atoms with Crippen molar-refractivity contribution in [1.29, 1.82) is 0 Å². The number of benzene rings is 3. The van der Waals surface area contributed by atoms with Gasteiger partial charge >= 0.3 is 0 Å². The molecular formula is C33H36N2O3. The molecule has 1 aliphatic heterocycles. The van der Waals surface area contributed by atoms with E-state index in [9.17, 15) is 9.59 Å². The van der Waals surface area contributed by atoms with E-state index in [1.165, 1.54) is 16.7 Å². The van der Waals surface area contributed by atoms with E-state index in [4.69, 9.17) is 4.74 Å². The summed E-state index contributed by atoms with van der Waals surface area (Å²) in [6.45, 7) is 5.30. The number of hydrogen-bond acceptors (Lipinski definition) is 3. The molecule has 0 radical (unpaired) electrons. The van der Waals surface area contributed by atoms with Crippen molar-refractivity contribution < 1.29 is 14.3 Å². The molecule has 2 fully saturated rings. The first kappa shape index (κ1) is 25.8. The fraction of sp³-hybridized carbons (Fsp3) is 0.333. The number of nitrogens with zero attached hydrogens (tertiary/aromatic N) is 1. The van der Waals surface area contributed by atoms with E-state index < -0.39 is 0 Å². The highest BCUT2D eigenvalue weighted by molar-refractivity contribution is 5.97. The lowest BCUT2D eigenvalue weighted by molar-refractivity contribution is -0.149. The van der Waals surface area contributed by atoms with E-state index in [2.05, 4.69) is 67.7 Å². The minimum atomic E-state index is -0.101. The Bertz CT molecular complexity index is 1290. The van der Waals surface area contributed by atoms with Crippen molar-refractivity contribution in [3.8, 4) is 0 Å². The number of rotatable bonds is 7. The van der Waals surface area contributed by atoms with Crippen LogP contribution in [0.1, 0.15) is 63.9 Å². The number of nitrogens with one attached hydrogen (secondary N) is 1. The summed E-state index contributed by atoms with van der Waals surface area (Å²) in [7, 11) is 0. The summed E-state index contributed by atoms with van der Waals surface area (Å²) < 4.78 is 6.26. The molecular weight excluding hydrogens is 472 g/mol. The Balaban J connectivity index is 1.25. The second kappa shape index (κ2) is 11.7. The summed E-state index contributed by atoms with van der Waals surface area (Å²) in [6, 6.07) is 24.2. The maximum atomic E-state index is 13.6. The third-order valence-corrected chi connectivity index (χ3v) is 7.58. The maximum absolute atomic E-state index is 13.6. The van der Waals surface area contributed by atoms with Crippen molar-refractivity contribution in [3.63, 3.8) is 0 Å². The smallest absolute Gasteiger partial charge is 0.289 e. The first-order valence-corrected chi connectivity index (χ1v) is 13.6. The number of ether oxygens (including phenoxy) is 1. The van der Waals surface area contributed by atoms with Crippen LogP contribution in [-0.4, -0.2) is 35.4 Å². The Hall–Kier alpha value is -3.86. The summed E-state index contributed by atoms with van der Waals surface area (Å²) in [6.07, 6.45) is 6.80. The van der Waals surface area contributed by atoms with Crippen LogP contribution < -0.4 is 5.32 Å². The van der Waals surface area contributed by atoms with Crippen LogP contribution in [0, 0.1) is 13.8 Å². The Kier molecular flexibility index (Phi) is 7.92. The Morgan fingerprint density at radius 3 is 2.21 bits per heavy atom. The van der Waals surface area contributed by atoms with Crippen molar-refractivity contribution in [2.45, 2.75) is 64.6 Å². The van der Waals surface area contributed by atoms with Crippen LogP contribution in [0.3, 0.4) is 0 Å². The highest BCUT2D eigenvalue weighted by atomic mass is 16.5. The standard InChI is InChI=1S/C33H36N2O3/c1-23-7-11-25(12-8-23)19-20-34-32(36)28-17-15-26(16-18-28)21-31-33(37)35(22-27-13-9-24(2)10-14-27)29-5-3-4-6-30(29)38-31/h7-18,21,29-30H,3-6,19-20,22H2,1-2H3,(H,34,36)/b31-21+. The molecule has 5 nitrogen and oxygen atoms in total. The number of amides is 2. The van der Waals surface area contributed by atoms with Crippen molar-refractivity contribution in [2.75, 3.05) is 6.54 Å². The number of hydrogen-bond donors (Lipinski definition) is 1. The monoisotopic (exact) mass is 508 g/mol. The zero-order valence-corrected chi connectivity index (χ0v) is 22.3. The molecule has 5 rings (SSSR count). The summed E-state index contributed by atoms with van der Waals surface area (Å²) in [4.78, 5) is 28.2. The highest BCUT2D eigenvalue weighted by Gasteiger charge is 2.41. The summed E-state index contributed by atoms with van der Waals surface area (Å²) in [5.74, 6) is 0.220. The van der Waals surface area contributed by atoms with Crippen LogP contribution in [0.15, 0.2) is 78.6 Å². The van der Waals surface area contributed by atoms with Crippen molar-refractivity contribution in [3.05, 3.63) is 112 Å². The van der Waals surface area contributed by atoms with Gasteiger partial charge in [-0.15, -0.1) is 0 Å². The van der Waals surface area contributed by atoms with Gasteiger partial charge in [0.25, 0.3) is 11.8 Å². The molecule has 2 unspecified atom stereocenters. The minimum absolute atomic E-state index is 0.0247. The van der Waals surface area contributed by atoms with Gasteiger partial charge < -0.3 is 15.0 Å². The van der Waals surface area contributed by atoms with Crippen molar-refractivity contribution in [1.82, 2.24) is 10.2 Å². The molecule has 2 atom stereocenters. The lowest BCUT2D eigenvalue weighted by atomic mass is 9.89. The number of fused-ring (bicyclic) bond motifs is 1. The molecule has 0 spiro atoms. The molecule has 3 aromatic carbocycles. The molecule has 196 valence electrons. The van der Waals surface area contributed by atoms with E-state index >= 15 is 0 Å². The van der Waals surface area contributed by atoms with Gasteiger partial charge in [-0.25, -0.2) is 0 Å². The third-order valence-electron chi connectivity index (χ3n) is 7.58. The topological polar surface area (TPSA) is 58.6 Å². The molecule has 5 heteroatoms. The molecule has 0 bridgehead atoms. The predicted octanol–water partition coefficient (Wildman–Crippen LogP) is 5.99. The van der Waals surface area contributed by atoms with Crippen molar-refractivity contribution >= 4 is 17.9 Å². The zero-order chi connectivity index (χ0) is 26.5. The average Bonchev–Trinajstić information content (AvgIpc) is 2.93. The molecule has 1 aliphatic carbocycles. The lowest BCUT2D eigenvalue weighted by Crippen LogP contribution is -2.54. The first-order chi connectivity index (χ1) is 18.5. The quantitative estimate of drug-likeness (QED) is 0.399. The number of carbonyl (C=O) groups is 2. The fourth-order valence-corrected chi connectivity index (χ4v) is 5.31. The van der Waals surface area contributed by atoms with Gasteiger partial charge in [-0.05, 0) is 74.4 Å². The second-order valence-corrected chi connectivity index (χ2v) is 10.5. The van der Waals surface area contributed by atoms with Gasteiger partial charge in [-0.3, -0.25) is 9.59 Å². The fourth-order valence-electron chi connectivity index (χ4n) is 5.31. The van der Waals surface area contributed by atoms with Crippen LogP contribution >= 0.6 is 0 Å².